The number of benzene rings is 2. The Labute approximate surface area is 255 Å². The van der Waals surface area contributed by atoms with Crippen molar-refractivity contribution >= 4 is 29.2 Å². The van der Waals surface area contributed by atoms with Gasteiger partial charge in [-0.1, -0.05) is 30.3 Å². The normalized spacial score (nSPS) is 18.9. The molecule has 0 radical (unpaired) electrons. The molecule has 1 aromatic heterocycles. The Morgan fingerprint density at radius 2 is 1.73 bits per heavy atom. The van der Waals surface area contributed by atoms with Crippen LogP contribution >= 0.6 is 0 Å². The number of rotatable bonds is 7. The molecule has 1 saturated carbocycles. The predicted octanol–water partition coefficient (Wildman–Crippen LogP) is 5.84. The average Bonchev–Trinajstić information content (AvgIpc) is 3.38. The van der Waals surface area contributed by atoms with Gasteiger partial charge in [-0.15, -0.1) is 0 Å². The molecule has 2 atom stereocenters. The maximum absolute atomic E-state index is 14.8. The van der Waals surface area contributed by atoms with Gasteiger partial charge in [-0.05, 0) is 86.6 Å². The Morgan fingerprint density at radius 3 is 2.39 bits per heavy atom. The summed E-state index contributed by atoms with van der Waals surface area (Å²) < 4.78 is 27.9. The molecule has 44 heavy (non-hydrogen) atoms. The van der Waals surface area contributed by atoms with Crippen molar-refractivity contribution in [1.29, 1.82) is 5.26 Å². The van der Waals surface area contributed by atoms with Crippen LogP contribution in [0.25, 0.3) is 0 Å². The molecule has 3 amide bonds. The molecule has 0 spiro atoms. The second kappa shape index (κ2) is 12.5. The number of alkyl halides is 2. The SMILES string of the molecule is Cc1cc(C)cc(N(C(=O)C2CCC(=O)N2c2cc(C#N)ccn2)C(C(=O)NC2CCC(F)(F)CC2)c2ccccc2C)c1. The zero-order chi connectivity index (χ0) is 31.6. The lowest BCUT2D eigenvalue weighted by molar-refractivity contribution is -0.128. The van der Waals surface area contributed by atoms with Crippen molar-refractivity contribution in [3.63, 3.8) is 0 Å². The highest BCUT2D eigenvalue weighted by Gasteiger charge is 2.45. The van der Waals surface area contributed by atoms with Crippen molar-refractivity contribution in [2.75, 3.05) is 9.80 Å². The molecule has 1 N–H and O–H groups in total. The summed E-state index contributed by atoms with van der Waals surface area (Å²) >= 11 is 0. The molecule has 0 bridgehead atoms. The summed E-state index contributed by atoms with van der Waals surface area (Å²) in [6.45, 7) is 5.64. The fourth-order valence-corrected chi connectivity index (χ4v) is 6.23. The minimum absolute atomic E-state index is 0.0903. The van der Waals surface area contributed by atoms with Gasteiger partial charge in [0.25, 0.3) is 5.91 Å². The molecular formula is C34H35F2N5O3. The number of anilines is 2. The molecule has 5 rings (SSSR count). The quantitative estimate of drug-likeness (QED) is 0.367. The van der Waals surface area contributed by atoms with Crippen LogP contribution in [-0.4, -0.2) is 40.7 Å². The van der Waals surface area contributed by atoms with Gasteiger partial charge in [0.1, 0.15) is 17.9 Å². The lowest BCUT2D eigenvalue weighted by Gasteiger charge is -2.37. The van der Waals surface area contributed by atoms with Crippen molar-refractivity contribution in [3.8, 4) is 6.07 Å². The third-order valence-electron chi connectivity index (χ3n) is 8.39. The Balaban J connectivity index is 1.61. The van der Waals surface area contributed by atoms with E-state index in [0.717, 1.165) is 16.7 Å². The summed E-state index contributed by atoms with van der Waals surface area (Å²) in [5.41, 5.74) is 3.87. The van der Waals surface area contributed by atoms with Gasteiger partial charge >= 0.3 is 0 Å². The second-order valence-electron chi connectivity index (χ2n) is 11.8. The van der Waals surface area contributed by atoms with Crippen molar-refractivity contribution in [3.05, 3.63) is 88.6 Å². The van der Waals surface area contributed by atoms with Crippen LogP contribution in [0, 0.1) is 32.1 Å². The van der Waals surface area contributed by atoms with Crippen molar-refractivity contribution in [2.45, 2.75) is 83.3 Å². The summed E-state index contributed by atoms with van der Waals surface area (Å²) in [5.74, 6) is -3.85. The first-order valence-corrected chi connectivity index (χ1v) is 14.8. The summed E-state index contributed by atoms with van der Waals surface area (Å²) in [4.78, 5) is 49.4. The highest BCUT2D eigenvalue weighted by Crippen LogP contribution is 2.37. The van der Waals surface area contributed by atoms with Crippen molar-refractivity contribution in [1.82, 2.24) is 10.3 Å². The first kappa shape index (κ1) is 30.8. The second-order valence-corrected chi connectivity index (χ2v) is 11.8. The molecule has 2 aromatic carbocycles. The topological polar surface area (TPSA) is 106 Å². The van der Waals surface area contributed by atoms with Gasteiger partial charge in [-0.2, -0.15) is 5.26 Å². The molecule has 2 aliphatic rings. The van der Waals surface area contributed by atoms with Crippen LogP contribution in [0.15, 0.2) is 60.8 Å². The van der Waals surface area contributed by atoms with E-state index in [1.54, 1.807) is 12.1 Å². The number of pyridine rings is 1. The molecule has 228 valence electrons. The van der Waals surface area contributed by atoms with Crippen LogP contribution in [0.4, 0.5) is 20.3 Å². The highest BCUT2D eigenvalue weighted by atomic mass is 19.3. The third kappa shape index (κ3) is 6.47. The van der Waals surface area contributed by atoms with E-state index in [-0.39, 0.29) is 50.2 Å². The Bertz CT molecular complexity index is 1600. The first-order valence-electron chi connectivity index (χ1n) is 14.8. The molecule has 1 aliphatic carbocycles. The standard InChI is InChI=1S/C34H35F2N5O3/c1-21-16-22(2)18-26(17-21)40(33(44)28-8-9-30(42)41(28)29-19-24(20-37)12-15-38-29)31(27-7-5-4-6-23(27)3)32(43)39-25-10-13-34(35,36)14-11-25/h4-7,12,15-19,25,28,31H,8-11,13-14H2,1-3H3,(H,39,43). The molecule has 8 nitrogen and oxygen atoms in total. The minimum Gasteiger partial charge on any atom is -0.351 e. The Kier molecular flexibility index (Phi) is 8.77. The lowest BCUT2D eigenvalue weighted by Crippen LogP contribution is -2.53. The van der Waals surface area contributed by atoms with E-state index in [4.69, 9.17) is 0 Å². The zero-order valence-electron chi connectivity index (χ0n) is 25.0. The van der Waals surface area contributed by atoms with Crippen LogP contribution in [0.5, 0.6) is 0 Å². The van der Waals surface area contributed by atoms with E-state index in [1.807, 2.05) is 57.2 Å². The molecular weight excluding hydrogens is 564 g/mol. The first-order chi connectivity index (χ1) is 21.0. The molecule has 10 heteroatoms. The number of aromatic nitrogens is 1. The Hall–Kier alpha value is -4.65. The zero-order valence-corrected chi connectivity index (χ0v) is 25.0. The van der Waals surface area contributed by atoms with Crippen LogP contribution in [0.1, 0.15) is 72.4 Å². The van der Waals surface area contributed by atoms with Gasteiger partial charge in [0, 0.05) is 37.2 Å². The molecule has 2 unspecified atom stereocenters. The van der Waals surface area contributed by atoms with E-state index < -0.39 is 35.9 Å². The summed E-state index contributed by atoms with van der Waals surface area (Å²) in [6.07, 6.45) is 1.32. The molecule has 1 aliphatic heterocycles. The van der Waals surface area contributed by atoms with Crippen molar-refractivity contribution < 1.29 is 23.2 Å². The van der Waals surface area contributed by atoms with Gasteiger partial charge in [0.2, 0.25) is 17.7 Å². The van der Waals surface area contributed by atoms with Crippen LogP contribution in [-0.2, 0) is 14.4 Å². The summed E-state index contributed by atoms with van der Waals surface area (Å²) in [7, 11) is 0. The Morgan fingerprint density at radius 1 is 1.05 bits per heavy atom. The van der Waals surface area contributed by atoms with Crippen molar-refractivity contribution in [2.24, 2.45) is 0 Å². The predicted molar refractivity (Wildman–Crippen MR) is 162 cm³/mol. The fourth-order valence-electron chi connectivity index (χ4n) is 6.23. The van der Waals surface area contributed by atoms with Gasteiger partial charge < -0.3 is 5.32 Å². The van der Waals surface area contributed by atoms with Crippen LogP contribution < -0.4 is 15.1 Å². The van der Waals surface area contributed by atoms with E-state index >= 15 is 0 Å². The van der Waals surface area contributed by atoms with Gasteiger partial charge in [-0.25, -0.2) is 13.8 Å². The number of hydrogen-bond donors (Lipinski definition) is 1. The van der Waals surface area contributed by atoms with E-state index in [9.17, 15) is 28.4 Å². The van der Waals surface area contributed by atoms with E-state index in [0.29, 0.717) is 16.8 Å². The number of halogens is 2. The summed E-state index contributed by atoms with van der Waals surface area (Å²) in [6, 6.07) is 15.3. The lowest BCUT2D eigenvalue weighted by atomic mass is 9.91. The number of carbonyl (C=O) groups is 3. The van der Waals surface area contributed by atoms with Gasteiger partial charge in [-0.3, -0.25) is 24.2 Å². The maximum atomic E-state index is 14.8. The van der Waals surface area contributed by atoms with E-state index in [2.05, 4.69) is 10.3 Å². The fraction of sp³-hybridized carbons (Fsp3) is 0.382. The third-order valence-corrected chi connectivity index (χ3v) is 8.39. The summed E-state index contributed by atoms with van der Waals surface area (Å²) in [5, 5.41) is 12.4. The van der Waals surface area contributed by atoms with Gasteiger partial charge in [0.05, 0.1) is 11.6 Å². The smallest absolute Gasteiger partial charge is 0.251 e. The number of amides is 3. The van der Waals surface area contributed by atoms with Crippen LogP contribution in [0.2, 0.25) is 0 Å². The molecule has 3 aromatic rings. The number of nitriles is 1. The number of aryl methyl sites for hydroxylation is 3. The average molecular weight is 600 g/mol. The highest BCUT2D eigenvalue weighted by molar-refractivity contribution is 6.10. The molecule has 1 saturated heterocycles. The minimum atomic E-state index is -2.76. The number of carbonyl (C=O) groups excluding carboxylic acids is 3. The monoisotopic (exact) mass is 599 g/mol. The number of nitrogens with zero attached hydrogens (tertiary/aromatic N) is 4. The maximum Gasteiger partial charge on any atom is 0.251 e. The van der Waals surface area contributed by atoms with Crippen LogP contribution in [0.3, 0.4) is 0 Å². The number of nitrogens with one attached hydrogen (secondary N) is 1. The largest absolute Gasteiger partial charge is 0.351 e. The van der Waals surface area contributed by atoms with Gasteiger partial charge in [0.15, 0.2) is 0 Å². The van der Waals surface area contributed by atoms with E-state index in [1.165, 1.54) is 28.1 Å². The molecule has 2 fully saturated rings. The number of hydrogen-bond acceptors (Lipinski definition) is 5. The molecule has 2 heterocycles.